The smallest absolute Gasteiger partial charge is 0.327 e. The van der Waals surface area contributed by atoms with Gasteiger partial charge in [0.25, 0.3) is 0 Å². The van der Waals surface area contributed by atoms with Crippen molar-refractivity contribution >= 4 is 34.4 Å². The van der Waals surface area contributed by atoms with Crippen LogP contribution in [0.1, 0.15) is 30.3 Å². The van der Waals surface area contributed by atoms with Gasteiger partial charge in [-0.3, -0.25) is 20.2 Å². The molecule has 0 unspecified atom stereocenters. The Morgan fingerprint density at radius 2 is 2.00 bits per heavy atom. The Balaban J connectivity index is 2.46. The zero-order valence-corrected chi connectivity index (χ0v) is 11.5. The Morgan fingerprint density at radius 1 is 1.32 bits per heavy atom. The number of imide groups is 1. The third kappa shape index (κ3) is 5.04. The molecule has 19 heavy (non-hydrogen) atoms. The van der Waals surface area contributed by atoms with Gasteiger partial charge < -0.3 is 5.11 Å². The van der Waals surface area contributed by atoms with E-state index in [0.717, 1.165) is 17.0 Å². The first kappa shape index (κ1) is 15.1. The van der Waals surface area contributed by atoms with Crippen LogP contribution in [-0.2, 0) is 16.0 Å². The fourth-order valence-electron chi connectivity index (χ4n) is 1.35. The Kier molecular flexibility index (Phi) is 5.43. The maximum absolute atomic E-state index is 11.5. The number of nitrogens with one attached hydrogen (secondary N) is 2. The Hall–Kier alpha value is -1.96. The highest BCUT2D eigenvalue weighted by Gasteiger charge is 2.12. The van der Waals surface area contributed by atoms with Crippen molar-refractivity contribution < 1.29 is 19.5 Å². The number of carbonyl (C=O) groups is 3. The molecule has 0 saturated carbocycles. The number of rotatable bonds is 5. The number of hydrogen-bond acceptors (Lipinski definition) is 5. The molecule has 1 aromatic rings. The number of aromatic nitrogens is 1. The number of nitrogens with zero attached hydrogens (tertiary/aromatic N) is 1. The lowest BCUT2D eigenvalue weighted by Gasteiger charge is -2.02. The zero-order chi connectivity index (χ0) is 14.4. The van der Waals surface area contributed by atoms with Gasteiger partial charge in [0.05, 0.1) is 12.1 Å². The highest BCUT2D eigenvalue weighted by atomic mass is 32.1. The van der Waals surface area contributed by atoms with Gasteiger partial charge in [-0.05, 0) is 13.3 Å². The second-order valence-electron chi connectivity index (χ2n) is 3.77. The summed E-state index contributed by atoms with van der Waals surface area (Å²) in [7, 11) is 0. The van der Waals surface area contributed by atoms with E-state index in [2.05, 4.69) is 10.3 Å². The predicted octanol–water partition coefficient (Wildman–Crippen LogP) is 1.53. The van der Waals surface area contributed by atoms with Gasteiger partial charge in [-0.25, -0.2) is 9.78 Å². The van der Waals surface area contributed by atoms with Crippen LogP contribution in [0.3, 0.4) is 0 Å². The molecule has 0 saturated heterocycles. The van der Waals surface area contributed by atoms with Crippen LogP contribution in [0, 0.1) is 6.92 Å². The largest absolute Gasteiger partial charge is 0.481 e. The minimum absolute atomic E-state index is 0.236. The molecule has 8 heteroatoms. The van der Waals surface area contributed by atoms with Gasteiger partial charge >= 0.3 is 12.0 Å². The number of anilines is 1. The van der Waals surface area contributed by atoms with Crippen molar-refractivity contribution in [1.29, 1.82) is 0 Å². The molecule has 0 radical (unpaired) electrons. The standard InChI is InChI=1S/C11H15N3O4S/c1-3-7-6(2)19-11(12-7)14-10(18)13-8(15)4-5-9(16)17/h3-5H2,1-2H3,(H,16,17)(H2,12,13,14,15,18). The number of thiazole rings is 1. The molecule has 0 aliphatic rings. The van der Waals surface area contributed by atoms with Gasteiger partial charge in [-0.2, -0.15) is 0 Å². The first-order valence-electron chi connectivity index (χ1n) is 5.71. The van der Waals surface area contributed by atoms with Gasteiger partial charge in [0.15, 0.2) is 5.13 Å². The summed E-state index contributed by atoms with van der Waals surface area (Å²) in [6.07, 6.45) is 0.221. The van der Waals surface area contributed by atoms with Crippen molar-refractivity contribution in [2.45, 2.75) is 33.1 Å². The number of amides is 3. The molecule has 0 spiro atoms. The van der Waals surface area contributed by atoms with Crippen molar-refractivity contribution in [3.8, 4) is 0 Å². The summed E-state index contributed by atoms with van der Waals surface area (Å²) >= 11 is 1.32. The summed E-state index contributed by atoms with van der Waals surface area (Å²) in [5.41, 5.74) is 0.900. The van der Waals surface area contributed by atoms with Crippen LogP contribution in [0.2, 0.25) is 0 Å². The molecular weight excluding hydrogens is 270 g/mol. The summed E-state index contributed by atoms with van der Waals surface area (Å²) in [5, 5.41) is 13.3. The van der Waals surface area contributed by atoms with Crippen LogP contribution in [0.5, 0.6) is 0 Å². The summed E-state index contributed by atoms with van der Waals surface area (Å²) in [4.78, 5) is 38.1. The van der Waals surface area contributed by atoms with E-state index in [1.54, 1.807) is 0 Å². The second kappa shape index (κ2) is 6.83. The van der Waals surface area contributed by atoms with Crippen LogP contribution in [0.15, 0.2) is 0 Å². The van der Waals surface area contributed by atoms with Gasteiger partial charge in [-0.1, -0.05) is 6.92 Å². The van der Waals surface area contributed by atoms with Gasteiger partial charge in [0.2, 0.25) is 5.91 Å². The normalized spacial score (nSPS) is 10.0. The number of aryl methyl sites for hydroxylation is 2. The van der Waals surface area contributed by atoms with E-state index in [1.165, 1.54) is 11.3 Å². The van der Waals surface area contributed by atoms with E-state index < -0.39 is 17.9 Å². The van der Waals surface area contributed by atoms with E-state index in [-0.39, 0.29) is 12.8 Å². The molecule has 1 rings (SSSR count). The fourth-order valence-corrected chi connectivity index (χ4v) is 2.24. The Labute approximate surface area is 114 Å². The first-order valence-corrected chi connectivity index (χ1v) is 6.53. The van der Waals surface area contributed by atoms with Crippen molar-refractivity contribution in [3.05, 3.63) is 10.6 Å². The van der Waals surface area contributed by atoms with Gasteiger partial charge in [0, 0.05) is 11.3 Å². The molecule has 0 fully saturated rings. The molecule has 0 aliphatic heterocycles. The van der Waals surface area contributed by atoms with E-state index in [9.17, 15) is 14.4 Å². The second-order valence-corrected chi connectivity index (χ2v) is 4.97. The van der Waals surface area contributed by atoms with Gasteiger partial charge in [-0.15, -0.1) is 11.3 Å². The monoisotopic (exact) mass is 285 g/mol. The van der Waals surface area contributed by atoms with E-state index in [0.29, 0.717) is 5.13 Å². The van der Waals surface area contributed by atoms with Crippen LogP contribution >= 0.6 is 11.3 Å². The molecule has 0 atom stereocenters. The molecule has 0 aliphatic carbocycles. The highest BCUT2D eigenvalue weighted by molar-refractivity contribution is 7.15. The molecule has 0 bridgehead atoms. The number of carboxylic acids is 1. The van der Waals surface area contributed by atoms with Crippen LogP contribution in [0.4, 0.5) is 9.93 Å². The van der Waals surface area contributed by atoms with Crippen LogP contribution in [0.25, 0.3) is 0 Å². The Morgan fingerprint density at radius 3 is 2.53 bits per heavy atom. The molecule has 3 N–H and O–H groups in total. The third-order valence-corrected chi connectivity index (χ3v) is 3.20. The maximum Gasteiger partial charge on any atom is 0.327 e. The average molecular weight is 285 g/mol. The third-order valence-electron chi connectivity index (χ3n) is 2.27. The summed E-state index contributed by atoms with van der Waals surface area (Å²) in [6.45, 7) is 3.86. The van der Waals surface area contributed by atoms with Crippen LogP contribution < -0.4 is 10.6 Å². The lowest BCUT2D eigenvalue weighted by atomic mass is 10.3. The number of aliphatic carboxylic acids is 1. The van der Waals surface area contributed by atoms with E-state index in [1.807, 2.05) is 19.2 Å². The first-order chi connectivity index (χ1) is 8.92. The number of carbonyl (C=O) groups excluding carboxylic acids is 2. The number of urea groups is 1. The lowest BCUT2D eigenvalue weighted by molar-refractivity contribution is -0.138. The zero-order valence-electron chi connectivity index (χ0n) is 10.6. The number of carboxylic acid groups (broad SMARTS) is 1. The molecule has 0 aromatic carbocycles. The minimum Gasteiger partial charge on any atom is -0.481 e. The number of hydrogen-bond donors (Lipinski definition) is 3. The minimum atomic E-state index is -1.08. The topological polar surface area (TPSA) is 108 Å². The van der Waals surface area contributed by atoms with Crippen molar-refractivity contribution in [1.82, 2.24) is 10.3 Å². The summed E-state index contributed by atoms with van der Waals surface area (Å²) < 4.78 is 0. The SMILES string of the molecule is CCc1nc(NC(=O)NC(=O)CCC(=O)O)sc1C. The molecular formula is C11H15N3O4S. The lowest BCUT2D eigenvalue weighted by Crippen LogP contribution is -2.34. The van der Waals surface area contributed by atoms with Crippen LogP contribution in [-0.4, -0.2) is 28.0 Å². The average Bonchev–Trinajstić information content (AvgIpc) is 2.66. The van der Waals surface area contributed by atoms with Crippen molar-refractivity contribution in [3.63, 3.8) is 0 Å². The summed E-state index contributed by atoms with van der Waals surface area (Å²) in [5.74, 6) is -1.72. The van der Waals surface area contributed by atoms with E-state index in [4.69, 9.17) is 5.11 Å². The molecule has 7 nitrogen and oxygen atoms in total. The van der Waals surface area contributed by atoms with Crippen molar-refractivity contribution in [2.75, 3.05) is 5.32 Å². The fraction of sp³-hybridized carbons (Fsp3) is 0.455. The van der Waals surface area contributed by atoms with Crippen molar-refractivity contribution in [2.24, 2.45) is 0 Å². The quantitative estimate of drug-likeness (QED) is 0.760. The molecule has 104 valence electrons. The Bertz CT molecular complexity index is 498. The molecule has 3 amide bonds. The summed E-state index contributed by atoms with van der Waals surface area (Å²) in [6, 6.07) is -0.702. The van der Waals surface area contributed by atoms with E-state index >= 15 is 0 Å². The maximum atomic E-state index is 11.5. The highest BCUT2D eigenvalue weighted by Crippen LogP contribution is 2.22. The van der Waals surface area contributed by atoms with Gasteiger partial charge in [0.1, 0.15) is 0 Å². The predicted molar refractivity (Wildman–Crippen MR) is 70.3 cm³/mol. The molecule has 1 heterocycles. The molecule has 1 aromatic heterocycles.